The Kier molecular flexibility index (Phi) is 5.87. The molecule has 2 aromatic carbocycles. The molecule has 2 aliphatic rings. The number of nitrogens with zero attached hydrogens (tertiary/aromatic N) is 2. The molecule has 0 saturated carbocycles. The van der Waals surface area contributed by atoms with E-state index in [1.54, 1.807) is 24.3 Å². The Bertz CT molecular complexity index is 1020. The van der Waals surface area contributed by atoms with Crippen LogP contribution in [0.25, 0.3) is 0 Å². The number of carbonyl (C=O) groups excluding carboxylic acids is 2. The Morgan fingerprint density at radius 1 is 1.10 bits per heavy atom. The van der Waals surface area contributed by atoms with Crippen molar-refractivity contribution in [3.8, 4) is 11.5 Å². The van der Waals surface area contributed by atoms with E-state index >= 15 is 0 Å². The Balaban J connectivity index is 1.32. The first kappa shape index (κ1) is 20.5. The Hall–Kier alpha value is -3.82. The first-order valence-electron chi connectivity index (χ1n) is 9.87. The minimum absolute atomic E-state index is 0.0261. The zero-order valence-electron chi connectivity index (χ0n) is 16.7. The molecule has 0 aliphatic carbocycles. The molecule has 162 valence electrons. The van der Waals surface area contributed by atoms with E-state index in [-0.39, 0.29) is 24.6 Å². The van der Waals surface area contributed by atoms with Gasteiger partial charge in [-0.25, -0.2) is 4.79 Å². The number of hydrogen-bond acceptors (Lipinski definition) is 8. The molecule has 0 atom stereocenters. The van der Waals surface area contributed by atoms with E-state index in [0.29, 0.717) is 17.2 Å². The van der Waals surface area contributed by atoms with Crippen molar-refractivity contribution in [2.24, 2.45) is 0 Å². The highest BCUT2D eigenvalue weighted by atomic mass is 16.7. The molecule has 4 rings (SSSR count). The third-order valence-corrected chi connectivity index (χ3v) is 5.12. The minimum Gasteiger partial charge on any atom is -0.454 e. The van der Waals surface area contributed by atoms with Gasteiger partial charge in [-0.3, -0.25) is 14.9 Å². The van der Waals surface area contributed by atoms with Crippen molar-refractivity contribution in [3.63, 3.8) is 0 Å². The number of carbonyl (C=O) groups is 2. The second-order valence-corrected chi connectivity index (χ2v) is 7.20. The summed E-state index contributed by atoms with van der Waals surface area (Å²) in [4.78, 5) is 37.2. The van der Waals surface area contributed by atoms with Crippen LogP contribution in [0.2, 0.25) is 0 Å². The summed E-state index contributed by atoms with van der Waals surface area (Å²) in [5.74, 6) is -0.0329. The zero-order valence-corrected chi connectivity index (χ0v) is 16.7. The number of rotatable bonds is 7. The highest BCUT2D eigenvalue weighted by molar-refractivity contribution is 5.93. The SMILES string of the molecule is O=C(COC(=O)c1ccc(N2CCCC2)c([N+](=O)[O-])c1)NCc1ccc2c(c1)OCO2. The van der Waals surface area contributed by atoms with Crippen molar-refractivity contribution in [1.29, 1.82) is 0 Å². The molecule has 0 radical (unpaired) electrons. The maximum Gasteiger partial charge on any atom is 0.338 e. The van der Waals surface area contributed by atoms with Crippen LogP contribution in [0.5, 0.6) is 11.5 Å². The molecular formula is C21H21N3O7. The molecule has 2 aromatic rings. The highest BCUT2D eigenvalue weighted by Crippen LogP contribution is 2.33. The Morgan fingerprint density at radius 3 is 2.65 bits per heavy atom. The molecule has 0 spiro atoms. The summed E-state index contributed by atoms with van der Waals surface area (Å²) in [7, 11) is 0. The summed E-state index contributed by atoms with van der Waals surface area (Å²) >= 11 is 0. The number of nitro benzene ring substituents is 1. The van der Waals surface area contributed by atoms with E-state index in [1.165, 1.54) is 12.1 Å². The Labute approximate surface area is 177 Å². The van der Waals surface area contributed by atoms with E-state index in [9.17, 15) is 19.7 Å². The molecule has 1 fully saturated rings. The van der Waals surface area contributed by atoms with E-state index in [0.717, 1.165) is 31.5 Å². The molecule has 10 nitrogen and oxygen atoms in total. The largest absolute Gasteiger partial charge is 0.454 e. The van der Waals surface area contributed by atoms with Crippen molar-refractivity contribution in [3.05, 3.63) is 57.6 Å². The molecular weight excluding hydrogens is 406 g/mol. The van der Waals surface area contributed by atoms with Gasteiger partial charge in [-0.1, -0.05) is 6.07 Å². The molecule has 1 amide bonds. The van der Waals surface area contributed by atoms with Gasteiger partial charge in [0.1, 0.15) is 5.69 Å². The van der Waals surface area contributed by atoms with E-state index in [4.69, 9.17) is 14.2 Å². The highest BCUT2D eigenvalue weighted by Gasteiger charge is 2.24. The zero-order chi connectivity index (χ0) is 21.8. The second kappa shape index (κ2) is 8.90. The molecule has 2 aliphatic heterocycles. The predicted octanol–water partition coefficient (Wildman–Crippen LogP) is 2.40. The van der Waals surface area contributed by atoms with Crippen molar-refractivity contribution < 1.29 is 28.7 Å². The number of nitrogens with one attached hydrogen (secondary N) is 1. The number of anilines is 1. The lowest BCUT2D eigenvalue weighted by atomic mass is 10.1. The number of fused-ring (bicyclic) bond motifs is 1. The average Bonchev–Trinajstić information content (AvgIpc) is 3.47. The number of benzene rings is 2. The van der Waals surface area contributed by atoms with Gasteiger partial charge in [0.15, 0.2) is 18.1 Å². The fraction of sp³-hybridized carbons (Fsp3) is 0.333. The lowest BCUT2D eigenvalue weighted by Gasteiger charge is -2.17. The quantitative estimate of drug-likeness (QED) is 0.406. The number of esters is 1. The third-order valence-electron chi connectivity index (χ3n) is 5.12. The summed E-state index contributed by atoms with van der Waals surface area (Å²) in [5.41, 5.74) is 1.17. The van der Waals surface area contributed by atoms with Gasteiger partial charge in [0.05, 0.1) is 10.5 Å². The standard InChI is InChI=1S/C21H21N3O7/c25-20(22-11-14-3-6-18-19(9-14)31-13-30-18)12-29-21(26)15-4-5-16(17(10-15)24(27)28)23-7-1-2-8-23/h3-6,9-10H,1-2,7-8,11-13H2,(H,22,25). The van der Waals surface area contributed by atoms with Gasteiger partial charge in [-0.15, -0.1) is 0 Å². The predicted molar refractivity (Wildman–Crippen MR) is 109 cm³/mol. The maximum absolute atomic E-state index is 12.3. The van der Waals surface area contributed by atoms with E-state index in [2.05, 4.69) is 5.32 Å². The number of hydrogen-bond donors (Lipinski definition) is 1. The molecule has 1 saturated heterocycles. The fourth-order valence-corrected chi connectivity index (χ4v) is 3.54. The third kappa shape index (κ3) is 4.68. The van der Waals surface area contributed by atoms with Crippen molar-refractivity contribution in [2.45, 2.75) is 19.4 Å². The van der Waals surface area contributed by atoms with Crippen molar-refractivity contribution >= 4 is 23.3 Å². The molecule has 1 N–H and O–H groups in total. The van der Waals surface area contributed by atoms with Crippen molar-refractivity contribution in [2.75, 3.05) is 31.4 Å². The van der Waals surface area contributed by atoms with E-state index in [1.807, 2.05) is 4.90 Å². The molecule has 2 heterocycles. The smallest absolute Gasteiger partial charge is 0.338 e. The summed E-state index contributed by atoms with van der Waals surface area (Å²) < 4.78 is 15.5. The summed E-state index contributed by atoms with van der Waals surface area (Å²) in [5, 5.41) is 14.1. The maximum atomic E-state index is 12.3. The van der Waals surface area contributed by atoms with Crippen LogP contribution in [0.1, 0.15) is 28.8 Å². The lowest BCUT2D eigenvalue weighted by molar-refractivity contribution is -0.384. The molecule has 31 heavy (non-hydrogen) atoms. The van der Waals surface area contributed by atoms with Gasteiger partial charge in [0.25, 0.3) is 11.6 Å². The van der Waals surface area contributed by atoms with Crippen LogP contribution >= 0.6 is 0 Å². The average molecular weight is 427 g/mol. The number of amides is 1. The molecule has 0 unspecified atom stereocenters. The topological polar surface area (TPSA) is 120 Å². The summed E-state index contributed by atoms with van der Waals surface area (Å²) in [6.45, 7) is 1.38. The number of nitro groups is 1. The van der Waals surface area contributed by atoms with Crippen LogP contribution in [-0.4, -0.2) is 43.3 Å². The van der Waals surface area contributed by atoms with Crippen LogP contribution in [0.3, 0.4) is 0 Å². The molecule has 10 heteroatoms. The monoisotopic (exact) mass is 427 g/mol. The second-order valence-electron chi connectivity index (χ2n) is 7.20. The van der Waals surface area contributed by atoms with Crippen LogP contribution in [-0.2, 0) is 16.1 Å². The van der Waals surface area contributed by atoms with Crippen LogP contribution in [0.4, 0.5) is 11.4 Å². The van der Waals surface area contributed by atoms with Crippen molar-refractivity contribution in [1.82, 2.24) is 5.32 Å². The van der Waals surface area contributed by atoms with Gasteiger partial charge < -0.3 is 24.4 Å². The van der Waals surface area contributed by atoms with Gasteiger partial charge >= 0.3 is 5.97 Å². The van der Waals surface area contributed by atoms with E-state index < -0.39 is 23.4 Å². The summed E-state index contributed by atoms with van der Waals surface area (Å²) in [6.07, 6.45) is 1.95. The Morgan fingerprint density at radius 2 is 1.87 bits per heavy atom. The van der Waals surface area contributed by atoms with Crippen LogP contribution in [0.15, 0.2) is 36.4 Å². The van der Waals surface area contributed by atoms with Crippen LogP contribution in [0, 0.1) is 10.1 Å². The van der Waals surface area contributed by atoms with Gasteiger partial charge in [0, 0.05) is 25.7 Å². The molecule has 0 bridgehead atoms. The van der Waals surface area contributed by atoms with Gasteiger partial charge in [0.2, 0.25) is 6.79 Å². The first-order valence-corrected chi connectivity index (χ1v) is 9.87. The fourth-order valence-electron chi connectivity index (χ4n) is 3.54. The first-order chi connectivity index (χ1) is 15.0. The minimum atomic E-state index is -0.797. The number of ether oxygens (including phenoxy) is 3. The summed E-state index contributed by atoms with van der Waals surface area (Å²) in [6, 6.07) is 9.53. The molecule has 0 aromatic heterocycles. The van der Waals surface area contributed by atoms with Crippen LogP contribution < -0.4 is 19.7 Å². The van der Waals surface area contributed by atoms with Gasteiger partial charge in [-0.2, -0.15) is 0 Å². The normalized spacial score (nSPS) is 14.4. The van der Waals surface area contributed by atoms with Gasteiger partial charge in [-0.05, 0) is 42.7 Å². The lowest BCUT2D eigenvalue weighted by Crippen LogP contribution is -2.28.